The molecule has 0 amide bonds. The molecule has 1 aliphatic rings. The van der Waals surface area contributed by atoms with Crippen LogP contribution in [0.1, 0.15) is 31.2 Å². The summed E-state index contributed by atoms with van der Waals surface area (Å²) in [4.78, 5) is 0. The number of benzene rings is 1. The Hall–Kier alpha value is -1.09. The Balaban J connectivity index is 1.83. The highest BCUT2D eigenvalue weighted by Gasteiger charge is 2.24. The fraction of sp³-hybridized carbons (Fsp3) is 0.571. The Kier molecular flexibility index (Phi) is 4.00. The van der Waals surface area contributed by atoms with Gasteiger partial charge in [0.25, 0.3) is 0 Å². The minimum absolute atomic E-state index is 0.174. The molecular weight excluding hydrogens is 219 g/mol. The van der Waals surface area contributed by atoms with Crippen molar-refractivity contribution in [1.29, 1.82) is 0 Å². The van der Waals surface area contributed by atoms with Gasteiger partial charge in [0.05, 0.1) is 12.7 Å². The Morgan fingerprint density at radius 2 is 2.24 bits per heavy atom. The highest BCUT2D eigenvalue weighted by molar-refractivity contribution is 5.32. The van der Waals surface area contributed by atoms with E-state index in [4.69, 9.17) is 4.74 Å². The lowest BCUT2D eigenvalue weighted by atomic mass is 10.0. The Labute approximate surface area is 101 Å². The van der Waals surface area contributed by atoms with E-state index in [0.717, 1.165) is 31.2 Å². The van der Waals surface area contributed by atoms with Gasteiger partial charge < -0.3 is 9.84 Å². The van der Waals surface area contributed by atoms with Gasteiger partial charge in [0, 0.05) is 6.07 Å². The Bertz CT molecular complexity index is 378. The summed E-state index contributed by atoms with van der Waals surface area (Å²) in [5, 5.41) is 9.67. The molecule has 1 aromatic carbocycles. The molecule has 1 aliphatic carbocycles. The first-order valence-corrected chi connectivity index (χ1v) is 6.24. The standard InChI is InChI=1S/C14H19FO2/c1-10-5-6-12(15)9-14(10)17-8-7-11-3-2-4-13(11)16/h5-6,9,11,13,16H,2-4,7-8H2,1H3. The summed E-state index contributed by atoms with van der Waals surface area (Å²) >= 11 is 0. The van der Waals surface area contributed by atoms with Gasteiger partial charge in [-0.3, -0.25) is 0 Å². The normalized spacial score (nSPS) is 23.9. The van der Waals surface area contributed by atoms with Gasteiger partial charge in [-0.1, -0.05) is 12.5 Å². The zero-order valence-electron chi connectivity index (χ0n) is 10.2. The highest BCUT2D eigenvalue weighted by atomic mass is 19.1. The molecule has 1 aromatic rings. The van der Waals surface area contributed by atoms with Gasteiger partial charge in [-0.25, -0.2) is 4.39 Å². The molecular formula is C14H19FO2. The van der Waals surface area contributed by atoms with Crippen molar-refractivity contribution in [3.8, 4) is 5.75 Å². The second kappa shape index (κ2) is 5.50. The van der Waals surface area contributed by atoms with Crippen molar-refractivity contribution in [1.82, 2.24) is 0 Å². The SMILES string of the molecule is Cc1ccc(F)cc1OCCC1CCCC1O. The number of ether oxygens (including phenoxy) is 1. The fourth-order valence-corrected chi connectivity index (χ4v) is 2.40. The molecule has 0 aromatic heterocycles. The zero-order chi connectivity index (χ0) is 12.3. The minimum Gasteiger partial charge on any atom is -0.493 e. The number of hydrogen-bond acceptors (Lipinski definition) is 2. The van der Waals surface area contributed by atoms with Crippen LogP contribution in [-0.4, -0.2) is 17.8 Å². The average molecular weight is 238 g/mol. The van der Waals surface area contributed by atoms with Crippen LogP contribution < -0.4 is 4.74 Å². The number of aryl methyl sites for hydroxylation is 1. The van der Waals surface area contributed by atoms with Gasteiger partial charge in [-0.05, 0) is 43.7 Å². The Morgan fingerprint density at radius 1 is 1.41 bits per heavy atom. The molecule has 0 saturated heterocycles. The molecule has 17 heavy (non-hydrogen) atoms. The first-order chi connectivity index (χ1) is 8.16. The molecule has 2 atom stereocenters. The van der Waals surface area contributed by atoms with Crippen LogP contribution in [0.3, 0.4) is 0 Å². The molecule has 3 heteroatoms. The predicted molar refractivity (Wildman–Crippen MR) is 64.6 cm³/mol. The Morgan fingerprint density at radius 3 is 2.94 bits per heavy atom. The van der Waals surface area contributed by atoms with E-state index in [0.29, 0.717) is 18.3 Å². The lowest BCUT2D eigenvalue weighted by Crippen LogP contribution is -2.16. The smallest absolute Gasteiger partial charge is 0.126 e. The summed E-state index contributed by atoms with van der Waals surface area (Å²) in [6, 6.07) is 4.57. The van der Waals surface area contributed by atoms with Crippen molar-refractivity contribution in [2.24, 2.45) is 5.92 Å². The summed E-state index contributed by atoms with van der Waals surface area (Å²) in [7, 11) is 0. The lowest BCUT2D eigenvalue weighted by molar-refractivity contribution is 0.116. The minimum atomic E-state index is -0.272. The predicted octanol–water partition coefficient (Wildman–Crippen LogP) is 3.06. The molecule has 0 radical (unpaired) electrons. The third-order valence-electron chi connectivity index (χ3n) is 3.52. The fourth-order valence-electron chi connectivity index (χ4n) is 2.40. The van der Waals surface area contributed by atoms with E-state index in [2.05, 4.69) is 0 Å². The molecule has 0 bridgehead atoms. The van der Waals surface area contributed by atoms with Crippen LogP contribution in [-0.2, 0) is 0 Å². The van der Waals surface area contributed by atoms with Crippen LogP contribution in [0.4, 0.5) is 4.39 Å². The maximum absolute atomic E-state index is 13.0. The summed E-state index contributed by atoms with van der Waals surface area (Å²) in [5.41, 5.74) is 0.943. The van der Waals surface area contributed by atoms with E-state index in [1.54, 1.807) is 6.07 Å². The summed E-state index contributed by atoms with van der Waals surface area (Å²) in [6.07, 6.45) is 3.75. The van der Waals surface area contributed by atoms with Crippen molar-refractivity contribution >= 4 is 0 Å². The summed E-state index contributed by atoms with van der Waals surface area (Å²) < 4.78 is 18.6. The van der Waals surface area contributed by atoms with Crippen molar-refractivity contribution in [2.45, 2.75) is 38.7 Å². The summed E-state index contributed by atoms with van der Waals surface area (Å²) in [5.74, 6) is 0.688. The van der Waals surface area contributed by atoms with E-state index >= 15 is 0 Å². The average Bonchev–Trinajstić information content (AvgIpc) is 2.70. The van der Waals surface area contributed by atoms with Crippen LogP contribution in [0.15, 0.2) is 18.2 Å². The highest BCUT2D eigenvalue weighted by Crippen LogP contribution is 2.28. The second-order valence-corrected chi connectivity index (χ2v) is 4.81. The maximum atomic E-state index is 13.0. The number of halogens is 1. The van der Waals surface area contributed by atoms with Crippen molar-refractivity contribution in [2.75, 3.05) is 6.61 Å². The van der Waals surface area contributed by atoms with Crippen LogP contribution >= 0.6 is 0 Å². The van der Waals surface area contributed by atoms with Crippen LogP contribution in [0.5, 0.6) is 5.75 Å². The monoisotopic (exact) mass is 238 g/mol. The van der Waals surface area contributed by atoms with E-state index in [1.165, 1.54) is 12.1 Å². The number of rotatable bonds is 4. The number of aliphatic hydroxyl groups excluding tert-OH is 1. The molecule has 0 heterocycles. The second-order valence-electron chi connectivity index (χ2n) is 4.81. The topological polar surface area (TPSA) is 29.5 Å². The van der Waals surface area contributed by atoms with Crippen LogP contribution in [0, 0.1) is 18.7 Å². The third kappa shape index (κ3) is 3.19. The number of aliphatic hydroxyl groups is 1. The van der Waals surface area contributed by atoms with Gasteiger partial charge in [0.2, 0.25) is 0 Å². The molecule has 2 unspecified atom stereocenters. The molecule has 0 aliphatic heterocycles. The van der Waals surface area contributed by atoms with Gasteiger partial charge in [0.1, 0.15) is 11.6 Å². The molecule has 2 rings (SSSR count). The molecule has 1 fully saturated rings. The van der Waals surface area contributed by atoms with Crippen molar-refractivity contribution in [3.05, 3.63) is 29.6 Å². The maximum Gasteiger partial charge on any atom is 0.126 e. The quantitative estimate of drug-likeness (QED) is 0.873. The van der Waals surface area contributed by atoms with Crippen molar-refractivity contribution < 1.29 is 14.2 Å². The first kappa shape index (κ1) is 12.4. The van der Waals surface area contributed by atoms with Gasteiger partial charge in [-0.15, -0.1) is 0 Å². The van der Waals surface area contributed by atoms with E-state index in [9.17, 15) is 9.50 Å². The van der Waals surface area contributed by atoms with Gasteiger partial charge in [-0.2, -0.15) is 0 Å². The molecule has 2 nitrogen and oxygen atoms in total. The largest absolute Gasteiger partial charge is 0.493 e. The van der Waals surface area contributed by atoms with Gasteiger partial charge in [0.15, 0.2) is 0 Å². The zero-order valence-corrected chi connectivity index (χ0v) is 10.2. The number of hydrogen-bond donors (Lipinski definition) is 1. The lowest BCUT2D eigenvalue weighted by Gasteiger charge is -2.15. The summed E-state index contributed by atoms with van der Waals surface area (Å²) in [6.45, 7) is 2.45. The first-order valence-electron chi connectivity index (χ1n) is 6.24. The van der Waals surface area contributed by atoms with Crippen LogP contribution in [0.2, 0.25) is 0 Å². The van der Waals surface area contributed by atoms with E-state index in [-0.39, 0.29) is 11.9 Å². The van der Waals surface area contributed by atoms with Gasteiger partial charge >= 0.3 is 0 Å². The van der Waals surface area contributed by atoms with E-state index < -0.39 is 0 Å². The van der Waals surface area contributed by atoms with Crippen molar-refractivity contribution in [3.63, 3.8) is 0 Å². The molecule has 1 N–H and O–H groups in total. The molecule has 1 saturated carbocycles. The molecule has 94 valence electrons. The third-order valence-corrected chi connectivity index (χ3v) is 3.52. The van der Waals surface area contributed by atoms with Crippen LogP contribution in [0.25, 0.3) is 0 Å². The molecule has 0 spiro atoms. The van der Waals surface area contributed by atoms with E-state index in [1.807, 2.05) is 6.92 Å².